The van der Waals surface area contributed by atoms with Gasteiger partial charge in [0.15, 0.2) is 11.4 Å². The Bertz CT molecular complexity index is 2560. The molecule has 4 aromatic heterocycles. The highest BCUT2D eigenvalue weighted by Gasteiger charge is 2.30. The molecule has 0 aliphatic heterocycles. The summed E-state index contributed by atoms with van der Waals surface area (Å²) in [5.41, 5.74) is 4.69. The summed E-state index contributed by atoms with van der Waals surface area (Å²) in [7, 11) is 7.57. The number of aromatic nitrogens is 6. The van der Waals surface area contributed by atoms with Crippen molar-refractivity contribution >= 4 is 56.4 Å². The average Bonchev–Trinajstić information content (AvgIpc) is 3.87. The number of aromatic amines is 1. The zero-order chi connectivity index (χ0) is 45.8. The highest BCUT2D eigenvalue weighted by Crippen LogP contribution is 2.37. The Morgan fingerprint density at radius 3 is 1.69 bits per heavy atom. The van der Waals surface area contributed by atoms with Crippen LogP contribution in [-0.4, -0.2) is 81.4 Å². The minimum atomic E-state index is -0.590. The van der Waals surface area contributed by atoms with Gasteiger partial charge >= 0.3 is 11.8 Å². The predicted octanol–water partition coefficient (Wildman–Crippen LogP) is 8.21. The molecule has 16 heteroatoms. The van der Waals surface area contributed by atoms with Gasteiger partial charge in [0.1, 0.15) is 0 Å². The molecule has 2 aliphatic carbocycles. The van der Waals surface area contributed by atoms with Crippen molar-refractivity contribution < 1.29 is 29.3 Å². The van der Waals surface area contributed by atoms with Crippen LogP contribution in [-0.2, 0) is 0 Å². The molecule has 352 valence electrons. The molecule has 8 rings (SSSR count). The van der Waals surface area contributed by atoms with Crippen LogP contribution >= 0.6 is 0 Å². The molecule has 2 amide bonds. The third-order valence-corrected chi connectivity index (χ3v) is 12.1. The van der Waals surface area contributed by atoms with Crippen LogP contribution < -0.4 is 29.9 Å². The number of rotatable bonds is 7. The van der Waals surface area contributed by atoms with E-state index in [1.165, 1.54) is 25.0 Å². The summed E-state index contributed by atoms with van der Waals surface area (Å²) in [5, 5.41) is 63.2. The molecule has 4 heterocycles. The van der Waals surface area contributed by atoms with Crippen molar-refractivity contribution in [2.45, 2.75) is 118 Å². The molecule has 5 N–H and O–H groups in total. The van der Waals surface area contributed by atoms with Gasteiger partial charge in [-0.2, -0.15) is 19.7 Å². The van der Waals surface area contributed by atoms with E-state index in [9.17, 15) is 30.2 Å². The van der Waals surface area contributed by atoms with Gasteiger partial charge in [0.25, 0.3) is 11.4 Å². The van der Waals surface area contributed by atoms with Crippen LogP contribution in [0.15, 0.2) is 73.1 Å². The molecule has 2 aliphatic rings. The monoisotopic (exact) mass is 895 g/mol. The highest BCUT2D eigenvalue weighted by molar-refractivity contribution is 6.06. The largest absolute Gasteiger partial charge is 0.618 e. The first-order valence-corrected chi connectivity index (χ1v) is 21.5. The van der Waals surface area contributed by atoms with Gasteiger partial charge in [-0.05, 0) is 108 Å². The molecule has 2 fully saturated rings. The lowest BCUT2D eigenvalue weighted by molar-refractivity contribution is -0.614. The van der Waals surface area contributed by atoms with Crippen molar-refractivity contribution in [1.29, 1.82) is 0 Å². The Kier molecular flexibility index (Phi) is 16.7. The number of aliphatic hydroxyl groups is 2. The van der Waals surface area contributed by atoms with Gasteiger partial charge in [0.05, 0.1) is 57.2 Å². The van der Waals surface area contributed by atoms with Crippen LogP contribution in [0.4, 0.5) is 22.7 Å². The topological polar surface area (TPSA) is 206 Å². The van der Waals surface area contributed by atoms with E-state index in [0.29, 0.717) is 32.2 Å². The zero-order valence-electron chi connectivity index (χ0n) is 37.9. The lowest BCUT2D eigenvalue weighted by Crippen LogP contribution is -2.39. The second-order valence-corrected chi connectivity index (χ2v) is 18.2. The maximum absolute atomic E-state index is 12.8. The Morgan fingerprint density at radius 1 is 0.754 bits per heavy atom. The van der Waals surface area contributed by atoms with E-state index >= 15 is 0 Å². The standard InChI is InChI=1S/C23H29N5O3.C16H17N5O2.C8H16O.2CH4/c1-15-6-5-7-20(28(15)31)22(29)24-19-12-16-14-27(17-8-10-23(2,30)11-9-17)25-18(16)13-21(19)26(3)4;1-10-5-4-6-14(21(10)23)16(22)18-13-7-11-9-17-19-12(11)8-15(13)20(2)3;1-7-3-5-8(2,9)6-4-7;;/h5-7,12-14,17,30H,8-11H2,1-4H3,(H,24,29);4-9H,1-3H3,(H,17,19)(H,18,22);7,9H,3-6H2,1-2H3;2*1H4. The molecule has 0 atom stereocenters. The van der Waals surface area contributed by atoms with Crippen LogP contribution in [0.1, 0.15) is 125 Å². The average molecular weight is 895 g/mol. The van der Waals surface area contributed by atoms with E-state index < -0.39 is 17.4 Å². The van der Waals surface area contributed by atoms with Crippen molar-refractivity contribution in [3.8, 4) is 0 Å². The molecule has 0 spiro atoms. The van der Waals surface area contributed by atoms with Gasteiger partial charge in [-0.1, -0.05) is 21.8 Å². The van der Waals surface area contributed by atoms with E-state index in [-0.39, 0.29) is 37.9 Å². The number of anilines is 4. The summed E-state index contributed by atoms with van der Waals surface area (Å²) in [6, 6.07) is 17.5. The van der Waals surface area contributed by atoms with Crippen molar-refractivity contribution in [3.05, 3.63) is 106 Å². The van der Waals surface area contributed by atoms with Crippen molar-refractivity contribution in [1.82, 2.24) is 20.0 Å². The van der Waals surface area contributed by atoms with E-state index in [1.807, 2.05) is 87.0 Å². The summed E-state index contributed by atoms with van der Waals surface area (Å²) in [6.07, 6.45) is 11.3. The SMILES string of the molecule is C.C.CC1CCC(C)(O)CC1.Cc1cccc(C(=O)Nc2cc3cn(C4CCC(C)(O)CC4)nc3cc2N(C)C)[n+]1[O-].Cc1cccc(C(=O)Nc2cc3cn[nH]c3cc2N(C)C)[n+]1[O-]. The number of carbonyl (C=O) groups is 2. The fraction of sp³-hybridized carbons (Fsp3) is 0.469. The number of hydrogen-bond acceptors (Lipinski definition) is 10. The number of amides is 2. The number of nitrogens with zero attached hydrogens (tertiary/aromatic N) is 7. The normalized spacial score (nSPS) is 20.2. The number of hydrogen-bond donors (Lipinski definition) is 5. The molecule has 0 radical (unpaired) electrons. The van der Waals surface area contributed by atoms with Crippen LogP contribution in [0.2, 0.25) is 0 Å². The van der Waals surface area contributed by atoms with Crippen LogP contribution in [0.5, 0.6) is 0 Å². The maximum Gasteiger partial charge on any atom is 0.321 e. The Morgan fingerprint density at radius 2 is 1.22 bits per heavy atom. The first-order valence-electron chi connectivity index (χ1n) is 21.5. The van der Waals surface area contributed by atoms with Crippen LogP contribution in [0.25, 0.3) is 21.8 Å². The molecule has 6 aromatic rings. The number of benzene rings is 2. The number of fused-ring (bicyclic) bond motifs is 2. The van der Waals surface area contributed by atoms with Gasteiger partial charge in [0.2, 0.25) is 0 Å². The fourth-order valence-electron chi connectivity index (χ4n) is 7.98. The van der Waals surface area contributed by atoms with E-state index in [0.717, 1.165) is 77.6 Å². The third-order valence-electron chi connectivity index (χ3n) is 12.1. The molecule has 0 unspecified atom stereocenters. The second kappa shape index (κ2) is 21.2. The van der Waals surface area contributed by atoms with Gasteiger partial charge in [-0.15, -0.1) is 0 Å². The van der Waals surface area contributed by atoms with Gasteiger partial charge in [-0.3, -0.25) is 19.4 Å². The molecule has 0 saturated heterocycles. The van der Waals surface area contributed by atoms with E-state index in [1.54, 1.807) is 44.3 Å². The molecule has 16 nitrogen and oxygen atoms in total. The maximum atomic E-state index is 12.8. The number of aryl methyl sites for hydroxylation is 2. The Balaban J connectivity index is 0.000000239. The van der Waals surface area contributed by atoms with Crippen LogP contribution in [0, 0.1) is 30.2 Å². The van der Waals surface area contributed by atoms with Gasteiger partial charge < -0.3 is 41.1 Å². The Labute approximate surface area is 383 Å². The smallest absolute Gasteiger partial charge is 0.321 e. The summed E-state index contributed by atoms with van der Waals surface area (Å²) in [5.74, 6) is -0.0667. The van der Waals surface area contributed by atoms with Crippen molar-refractivity contribution in [2.24, 2.45) is 5.92 Å². The quantitative estimate of drug-likeness (QED) is 0.0767. The molecule has 0 bridgehead atoms. The molecule has 2 aromatic carbocycles. The molecular weight excluding hydrogens is 825 g/mol. The van der Waals surface area contributed by atoms with Crippen molar-refractivity contribution in [3.63, 3.8) is 0 Å². The summed E-state index contributed by atoms with van der Waals surface area (Å²) >= 11 is 0. The van der Waals surface area contributed by atoms with Gasteiger partial charge in [0, 0.05) is 83.3 Å². The molecular formula is C49H70N10O6. The lowest BCUT2D eigenvalue weighted by Gasteiger charge is -2.33. The fourth-order valence-corrected chi connectivity index (χ4v) is 7.98. The highest BCUT2D eigenvalue weighted by atomic mass is 16.5. The Hall–Kier alpha value is -6.26. The van der Waals surface area contributed by atoms with E-state index in [2.05, 4.69) is 27.8 Å². The van der Waals surface area contributed by atoms with Gasteiger partial charge in [-0.25, -0.2) is 0 Å². The lowest BCUT2D eigenvalue weighted by atomic mass is 9.81. The molecule has 2 saturated carbocycles. The minimum absolute atomic E-state index is 0. The third kappa shape index (κ3) is 12.5. The minimum Gasteiger partial charge on any atom is -0.618 e. The first-order chi connectivity index (χ1) is 29.7. The number of pyridine rings is 2. The molecule has 65 heavy (non-hydrogen) atoms. The summed E-state index contributed by atoms with van der Waals surface area (Å²) in [4.78, 5) is 29.1. The van der Waals surface area contributed by atoms with Crippen molar-refractivity contribution in [2.75, 3.05) is 48.6 Å². The second-order valence-electron chi connectivity index (χ2n) is 18.2. The summed E-state index contributed by atoms with van der Waals surface area (Å²) in [6.45, 7) is 9.42. The predicted molar refractivity (Wildman–Crippen MR) is 261 cm³/mol. The number of nitrogens with one attached hydrogen (secondary N) is 3. The first kappa shape index (κ1) is 51.4. The summed E-state index contributed by atoms with van der Waals surface area (Å²) < 4.78 is 3.25. The van der Waals surface area contributed by atoms with E-state index in [4.69, 9.17) is 5.10 Å². The number of carbonyl (C=O) groups excluding carboxylic acids is 2. The number of H-pyrrole nitrogens is 1. The van der Waals surface area contributed by atoms with Crippen LogP contribution in [0.3, 0.4) is 0 Å². The zero-order valence-corrected chi connectivity index (χ0v) is 37.9.